The van der Waals surface area contributed by atoms with Crippen molar-refractivity contribution in [3.63, 3.8) is 0 Å². The third kappa shape index (κ3) is 2.08. The van der Waals surface area contributed by atoms with Gasteiger partial charge >= 0.3 is 0 Å². The van der Waals surface area contributed by atoms with Crippen LogP contribution in [0.1, 0.15) is 6.42 Å². The van der Waals surface area contributed by atoms with Crippen molar-refractivity contribution in [2.45, 2.75) is 12.5 Å². The summed E-state index contributed by atoms with van der Waals surface area (Å²) in [5.74, 6) is -1.63. The van der Waals surface area contributed by atoms with E-state index in [-0.39, 0.29) is 24.0 Å². The van der Waals surface area contributed by atoms with Gasteiger partial charge in [0.1, 0.15) is 6.04 Å². The number of thiocarbonyl (C=S) groups is 1. The lowest BCUT2D eigenvalue weighted by Gasteiger charge is -2.11. The molecule has 5 nitrogen and oxygen atoms in total. The fraction of sp³-hybridized carbons (Fsp3) is 0.375. The summed E-state index contributed by atoms with van der Waals surface area (Å²) < 4.78 is 0. The third-order valence-electron chi connectivity index (χ3n) is 1.79. The molecular weight excluding hydrogens is 204 g/mol. The molecule has 0 aromatic carbocycles. The number of nitrogens with zero attached hydrogens (tertiary/aromatic N) is 1. The molecule has 1 heterocycles. The molecule has 6 heteroatoms. The van der Waals surface area contributed by atoms with Crippen molar-refractivity contribution < 1.29 is 14.7 Å². The summed E-state index contributed by atoms with van der Waals surface area (Å²) in [6.45, 7) is 3.75. The number of amides is 1. The van der Waals surface area contributed by atoms with E-state index in [1.807, 2.05) is 0 Å². The van der Waals surface area contributed by atoms with Crippen LogP contribution in [-0.2, 0) is 9.59 Å². The van der Waals surface area contributed by atoms with Gasteiger partial charge in [-0.05, 0) is 12.2 Å². The van der Waals surface area contributed by atoms with Gasteiger partial charge in [-0.2, -0.15) is 0 Å². The Labute approximate surface area is 86.4 Å². The van der Waals surface area contributed by atoms with E-state index in [2.05, 4.69) is 11.9 Å². The first-order chi connectivity index (χ1) is 6.56. The molecule has 1 saturated heterocycles. The molecule has 0 aromatic rings. The highest BCUT2D eigenvalue weighted by Crippen LogP contribution is 2.08. The number of hydrogen-bond donors (Lipinski definition) is 1. The maximum Gasteiger partial charge on any atom is 0.251 e. The zero-order chi connectivity index (χ0) is 10.7. The Morgan fingerprint density at radius 3 is 2.93 bits per heavy atom. The van der Waals surface area contributed by atoms with E-state index in [0.717, 1.165) is 0 Å². The minimum atomic E-state index is -1.28. The molecule has 0 aromatic heterocycles. The summed E-state index contributed by atoms with van der Waals surface area (Å²) in [4.78, 5) is 23.0. The molecule has 1 N–H and O–H groups in total. The summed E-state index contributed by atoms with van der Waals surface area (Å²) in [7, 11) is 0. The van der Waals surface area contributed by atoms with Crippen molar-refractivity contribution in [3.05, 3.63) is 12.7 Å². The van der Waals surface area contributed by atoms with Gasteiger partial charge in [0.25, 0.3) is 5.91 Å². The molecule has 1 atom stereocenters. The summed E-state index contributed by atoms with van der Waals surface area (Å²) in [6, 6.07) is -0.799. The minimum Gasteiger partial charge on any atom is -0.550 e. The molecule has 76 valence electrons. The van der Waals surface area contributed by atoms with Crippen LogP contribution >= 0.6 is 12.2 Å². The summed E-state index contributed by atoms with van der Waals surface area (Å²) in [5.41, 5.74) is 0. The topological polar surface area (TPSA) is 72.5 Å². The predicted octanol–water partition coefficient (Wildman–Crippen LogP) is -1.60. The molecule has 0 unspecified atom stereocenters. The van der Waals surface area contributed by atoms with Crippen molar-refractivity contribution >= 4 is 29.2 Å². The number of rotatable bonds is 4. The maximum absolute atomic E-state index is 11.5. The van der Waals surface area contributed by atoms with Gasteiger partial charge in [-0.3, -0.25) is 9.69 Å². The van der Waals surface area contributed by atoms with Gasteiger partial charge in [-0.25, -0.2) is 0 Å². The number of nitrogens with one attached hydrogen (secondary N) is 1. The molecule has 0 aliphatic carbocycles. The molecule has 14 heavy (non-hydrogen) atoms. The van der Waals surface area contributed by atoms with Gasteiger partial charge in [-0.15, -0.1) is 6.58 Å². The van der Waals surface area contributed by atoms with E-state index < -0.39 is 12.0 Å². The molecule has 1 amide bonds. The Bertz CT molecular complexity index is 303. The smallest absolute Gasteiger partial charge is 0.251 e. The minimum absolute atomic E-state index is 0.237. The van der Waals surface area contributed by atoms with Gasteiger partial charge in [-0.1, -0.05) is 6.08 Å². The van der Waals surface area contributed by atoms with Crippen molar-refractivity contribution in [1.29, 1.82) is 0 Å². The monoisotopic (exact) mass is 213 g/mol. The number of carbonyl (C=O) groups excluding carboxylic acids is 2. The molecule has 0 radical (unpaired) electrons. The number of hydrogen-bond acceptors (Lipinski definition) is 4. The number of carboxylic acid groups (broad SMARTS) is 1. The number of carboxylic acids is 1. The highest BCUT2D eigenvalue weighted by atomic mass is 32.1. The van der Waals surface area contributed by atoms with Crippen molar-refractivity contribution in [2.24, 2.45) is 0 Å². The van der Waals surface area contributed by atoms with Crippen LogP contribution in [0.4, 0.5) is 0 Å². The molecule has 0 spiro atoms. The highest BCUT2D eigenvalue weighted by Gasteiger charge is 2.34. The van der Waals surface area contributed by atoms with Crippen molar-refractivity contribution in [3.8, 4) is 0 Å². The quantitative estimate of drug-likeness (QED) is 0.449. The van der Waals surface area contributed by atoms with Crippen LogP contribution in [0, 0.1) is 0 Å². The summed E-state index contributed by atoms with van der Waals surface area (Å²) >= 11 is 4.85. The standard InChI is InChI=1S/C8H10N2O3S/c1-2-3-10-7(13)5(4-6(11)12)9-8(10)14/h2,5H,1,3-4H2,(H,9,14)(H,11,12)/p-1/t5-/m1/s1. The van der Waals surface area contributed by atoms with E-state index >= 15 is 0 Å². The largest absolute Gasteiger partial charge is 0.550 e. The average molecular weight is 213 g/mol. The molecule has 1 aliphatic rings. The van der Waals surface area contributed by atoms with E-state index in [4.69, 9.17) is 12.2 Å². The van der Waals surface area contributed by atoms with Crippen LogP contribution in [0.2, 0.25) is 0 Å². The molecule has 0 bridgehead atoms. The second kappa shape index (κ2) is 4.19. The lowest BCUT2D eigenvalue weighted by Crippen LogP contribution is -2.37. The Morgan fingerprint density at radius 1 is 1.79 bits per heavy atom. The molecular formula is C8H9N2O3S-. The molecule has 1 rings (SSSR count). The second-order valence-electron chi connectivity index (χ2n) is 2.82. The highest BCUT2D eigenvalue weighted by molar-refractivity contribution is 7.80. The van der Waals surface area contributed by atoms with E-state index in [1.54, 1.807) is 0 Å². The van der Waals surface area contributed by atoms with Crippen LogP contribution in [0.3, 0.4) is 0 Å². The van der Waals surface area contributed by atoms with Crippen molar-refractivity contribution in [2.75, 3.05) is 6.54 Å². The fourth-order valence-electron chi connectivity index (χ4n) is 1.18. The lowest BCUT2D eigenvalue weighted by atomic mass is 10.2. The predicted molar refractivity (Wildman–Crippen MR) is 51.1 cm³/mol. The SMILES string of the molecule is C=CCN1C(=O)[C@@H](CC(=O)[O-])NC1=S. The van der Waals surface area contributed by atoms with Crippen LogP contribution in [0.15, 0.2) is 12.7 Å². The van der Waals surface area contributed by atoms with Crippen LogP contribution in [0.25, 0.3) is 0 Å². The Balaban J connectivity index is 2.68. The van der Waals surface area contributed by atoms with E-state index in [9.17, 15) is 14.7 Å². The van der Waals surface area contributed by atoms with Gasteiger partial charge in [0.05, 0.1) is 0 Å². The molecule has 1 aliphatic heterocycles. The first-order valence-electron chi connectivity index (χ1n) is 3.99. The Morgan fingerprint density at radius 2 is 2.43 bits per heavy atom. The van der Waals surface area contributed by atoms with E-state index in [0.29, 0.717) is 0 Å². The van der Waals surface area contributed by atoms with Crippen LogP contribution in [0.5, 0.6) is 0 Å². The maximum atomic E-state index is 11.5. The fourth-order valence-corrected chi connectivity index (χ4v) is 1.49. The number of carbonyl (C=O) groups is 2. The Kier molecular flexibility index (Phi) is 3.19. The van der Waals surface area contributed by atoms with Gasteiger partial charge in [0.15, 0.2) is 5.11 Å². The van der Waals surface area contributed by atoms with Crippen LogP contribution in [-0.4, -0.2) is 34.5 Å². The Hall–Kier alpha value is -1.43. The summed E-state index contributed by atoms with van der Waals surface area (Å²) in [6.07, 6.45) is 1.15. The normalized spacial score (nSPS) is 20.9. The van der Waals surface area contributed by atoms with Crippen LogP contribution < -0.4 is 10.4 Å². The van der Waals surface area contributed by atoms with Crippen molar-refractivity contribution in [1.82, 2.24) is 10.2 Å². The molecule has 0 saturated carbocycles. The zero-order valence-electron chi connectivity index (χ0n) is 7.36. The van der Waals surface area contributed by atoms with Gasteiger partial charge in [0, 0.05) is 18.9 Å². The first-order valence-corrected chi connectivity index (χ1v) is 4.39. The van der Waals surface area contributed by atoms with Gasteiger partial charge < -0.3 is 15.2 Å². The first kappa shape index (κ1) is 10.6. The van der Waals surface area contributed by atoms with Gasteiger partial charge in [0.2, 0.25) is 0 Å². The second-order valence-corrected chi connectivity index (χ2v) is 3.20. The average Bonchev–Trinajstić information content (AvgIpc) is 2.32. The third-order valence-corrected chi connectivity index (χ3v) is 2.13. The number of aliphatic carboxylic acids is 1. The van der Waals surface area contributed by atoms with E-state index in [1.165, 1.54) is 11.0 Å². The summed E-state index contributed by atoms with van der Waals surface area (Å²) in [5, 5.41) is 13.1. The zero-order valence-corrected chi connectivity index (χ0v) is 8.17. The lowest BCUT2D eigenvalue weighted by molar-refractivity contribution is -0.306. The molecule has 1 fully saturated rings.